The van der Waals surface area contributed by atoms with Crippen molar-refractivity contribution in [3.05, 3.63) is 23.8 Å². The van der Waals surface area contributed by atoms with Crippen LogP contribution in [0.4, 0.5) is 0 Å². The van der Waals surface area contributed by atoms with Gasteiger partial charge in [0, 0.05) is 6.07 Å². The zero-order valence-electron chi connectivity index (χ0n) is 8.66. The quantitative estimate of drug-likeness (QED) is 0.771. The number of hydrogen-bond donors (Lipinski definition) is 2. The number of ether oxygens (including phenoxy) is 1. The number of aromatic hydroxyl groups is 1. The summed E-state index contributed by atoms with van der Waals surface area (Å²) in [5.41, 5.74) is 6.59. The Morgan fingerprint density at radius 3 is 2.79 bits per heavy atom. The molecule has 0 heterocycles. The molecule has 0 saturated carbocycles. The van der Waals surface area contributed by atoms with Gasteiger partial charge in [-0.1, -0.05) is 13.0 Å². The Morgan fingerprint density at radius 1 is 1.50 bits per heavy atom. The molecule has 0 amide bonds. The fourth-order valence-corrected chi connectivity index (χ4v) is 1.51. The summed E-state index contributed by atoms with van der Waals surface area (Å²) < 4.78 is 5.19. The molecule has 0 spiro atoms. The highest BCUT2D eigenvalue weighted by Gasteiger charge is 2.10. The van der Waals surface area contributed by atoms with E-state index in [1.54, 1.807) is 19.2 Å². The third-order valence-electron chi connectivity index (χ3n) is 2.35. The van der Waals surface area contributed by atoms with Gasteiger partial charge in [0.25, 0.3) is 0 Å². The average molecular weight is 195 g/mol. The standard InChI is InChI=1S/C11H17NO2/c1-8(5-6-12)10-4-3-9(13)7-11(10)14-2/h3-4,7-8,13H,5-6,12H2,1-2H3. The third-order valence-corrected chi connectivity index (χ3v) is 2.35. The lowest BCUT2D eigenvalue weighted by molar-refractivity contribution is 0.399. The smallest absolute Gasteiger partial charge is 0.126 e. The number of benzene rings is 1. The summed E-state index contributed by atoms with van der Waals surface area (Å²) in [6.45, 7) is 2.76. The topological polar surface area (TPSA) is 55.5 Å². The second-order valence-electron chi connectivity index (χ2n) is 3.40. The van der Waals surface area contributed by atoms with E-state index in [-0.39, 0.29) is 5.75 Å². The Kier molecular flexibility index (Phi) is 3.77. The van der Waals surface area contributed by atoms with E-state index in [0.29, 0.717) is 12.5 Å². The van der Waals surface area contributed by atoms with Gasteiger partial charge in [0.1, 0.15) is 11.5 Å². The average Bonchev–Trinajstić information content (AvgIpc) is 2.17. The van der Waals surface area contributed by atoms with Crippen LogP contribution in [-0.4, -0.2) is 18.8 Å². The van der Waals surface area contributed by atoms with Crippen molar-refractivity contribution >= 4 is 0 Å². The molecule has 0 saturated heterocycles. The first-order valence-electron chi connectivity index (χ1n) is 4.76. The number of nitrogens with two attached hydrogens (primary N) is 1. The maximum atomic E-state index is 9.28. The summed E-state index contributed by atoms with van der Waals surface area (Å²) in [6, 6.07) is 5.18. The van der Waals surface area contributed by atoms with Crippen LogP contribution >= 0.6 is 0 Å². The van der Waals surface area contributed by atoms with Gasteiger partial charge in [-0.3, -0.25) is 0 Å². The molecule has 14 heavy (non-hydrogen) atoms. The molecule has 1 atom stereocenters. The van der Waals surface area contributed by atoms with E-state index in [1.165, 1.54) is 0 Å². The molecular formula is C11H17NO2. The van der Waals surface area contributed by atoms with Crippen LogP contribution in [0, 0.1) is 0 Å². The Balaban J connectivity index is 2.95. The summed E-state index contributed by atoms with van der Waals surface area (Å²) in [7, 11) is 1.60. The number of hydrogen-bond acceptors (Lipinski definition) is 3. The van der Waals surface area contributed by atoms with E-state index in [4.69, 9.17) is 10.5 Å². The Hall–Kier alpha value is -1.22. The minimum absolute atomic E-state index is 0.227. The van der Waals surface area contributed by atoms with E-state index in [9.17, 15) is 5.11 Å². The third kappa shape index (κ3) is 2.39. The molecular weight excluding hydrogens is 178 g/mol. The highest BCUT2D eigenvalue weighted by Crippen LogP contribution is 2.31. The molecule has 0 aliphatic rings. The molecule has 0 radical (unpaired) electrons. The molecule has 1 aromatic rings. The summed E-state index contributed by atoms with van der Waals surface area (Å²) in [5.74, 6) is 1.31. The number of phenols is 1. The Bertz CT molecular complexity index is 299. The van der Waals surface area contributed by atoms with Gasteiger partial charge in [0.05, 0.1) is 7.11 Å². The maximum Gasteiger partial charge on any atom is 0.126 e. The molecule has 1 rings (SSSR count). The van der Waals surface area contributed by atoms with Crippen molar-refractivity contribution in [3.8, 4) is 11.5 Å². The summed E-state index contributed by atoms with van der Waals surface area (Å²) in [4.78, 5) is 0. The summed E-state index contributed by atoms with van der Waals surface area (Å²) in [5, 5.41) is 9.28. The monoisotopic (exact) mass is 195 g/mol. The van der Waals surface area contributed by atoms with E-state index >= 15 is 0 Å². The zero-order chi connectivity index (χ0) is 10.6. The van der Waals surface area contributed by atoms with Crippen LogP contribution in [0.1, 0.15) is 24.8 Å². The molecule has 1 aromatic carbocycles. The van der Waals surface area contributed by atoms with Crippen molar-refractivity contribution in [2.24, 2.45) is 5.73 Å². The molecule has 1 unspecified atom stereocenters. The highest BCUT2D eigenvalue weighted by molar-refractivity contribution is 5.41. The molecule has 0 bridgehead atoms. The van der Waals surface area contributed by atoms with Crippen molar-refractivity contribution in [2.45, 2.75) is 19.3 Å². The van der Waals surface area contributed by atoms with E-state index in [1.807, 2.05) is 6.07 Å². The second-order valence-corrected chi connectivity index (χ2v) is 3.40. The lowest BCUT2D eigenvalue weighted by Gasteiger charge is -2.14. The predicted molar refractivity (Wildman–Crippen MR) is 56.7 cm³/mol. The SMILES string of the molecule is COc1cc(O)ccc1C(C)CCN. The van der Waals surface area contributed by atoms with Crippen molar-refractivity contribution in [3.63, 3.8) is 0 Å². The van der Waals surface area contributed by atoms with Crippen LogP contribution < -0.4 is 10.5 Å². The number of phenolic OH excluding ortho intramolecular Hbond substituents is 1. The molecule has 0 aliphatic carbocycles. The lowest BCUT2D eigenvalue weighted by Crippen LogP contribution is -2.05. The van der Waals surface area contributed by atoms with Gasteiger partial charge >= 0.3 is 0 Å². The Labute approximate surface area is 84.5 Å². The van der Waals surface area contributed by atoms with Gasteiger partial charge in [-0.25, -0.2) is 0 Å². The first kappa shape index (κ1) is 10.9. The molecule has 3 nitrogen and oxygen atoms in total. The first-order chi connectivity index (χ1) is 6.69. The van der Waals surface area contributed by atoms with Gasteiger partial charge in [0.2, 0.25) is 0 Å². The van der Waals surface area contributed by atoms with Crippen LogP contribution in [0.5, 0.6) is 11.5 Å². The van der Waals surface area contributed by atoms with E-state index in [2.05, 4.69) is 6.92 Å². The minimum Gasteiger partial charge on any atom is -0.508 e. The first-order valence-corrected chi connectivity index (χ1v) is 4.76. The molecule has 0 fully saturated rings. The lowest BCUT2D eigenvalue weighted by atomic mass is 9.97. The normalized spacial score (nSPS) is 12.5. The fraction of sp³-hybridized carbons (Fsp3) is 0.455. The maximum absolute atomic E-state index is 9.28. The minimum atomic E-state index is 0.227. The molecule has 0 aliphatic heterocycles. The summed E-state index contributed by atoms with van der Waals surface area (Å²) >= 11 is 0. The molecule has 0 aromatic heterocycles. The fourth-order valence-electron chi connectivity index (χ4n) is 1.51. The molecule has 3 heteroatoms. The summed E-state index contributed by atoms with van der Waals surface area (Å²) in [6.07, 6.45) is 0.918. The van der Waals surface area contributed by atoms with Crippen molar-refractivity contribution in [1.82, 2.24) is 0 Å². The van der Waals surface area contributed by atoms with Crippen LogP contribution in [0.25, 0.3) is 0 Å². The second kappa shape index (κ2) is 4.86. The predicted octanol–water partition coefficient (Wildman–Crippen LogP) is 1.85. The molecule has 78 valence electrons. The van der Waals surface area contributed by atoms with E-state index < -0.39 is 0 Å². The van der Waals surface area contributed by atoms with Gasteiger partial charge in [-0.15, -0.1) is 0 Å². The molecule has 3 N–H and O–H groups in total. The zero-order valence-corrected chi connectivity index (χ0v) is 8.66. The highest BCUT2D eigenvalue weighted by atomic mass is 16.5. The van der Waals surface area contributed by atoms with Crippen molar-refractivity contribution in [2.75, 3.05) is 13.7 Å². The van der Waals surface area contributed by atoms with Crippen LogP contribution in [0.2, 0.25) is 0 Å². The number of rotatable bonds is 4. The van der Waals surface area contributed by atoms with Crippen molar-refractivity contribution < 1.29 is 9.84 Å². The van der Waals surface area contributed by atoms with Crippen LogP contribution in [-0.2, 0) is 0 Å². The Morgan fingerprint density at radius 2 is 2.21 bits per heavy atom. The van der Waals surface area contributed by atoms with Gasteiger partial charge in [0.15, 0.2) is 0 Å². The van der Waals surface area contributed by atoms with Crippen LogP contribution in [0.3, 0.4) is 0 Å². The van der Waals surface area contributed by atoms with Crippen molar-refractivity contribution in [1.29, 1.82) is 0 Å². The van der Waals surface area contributed by atoms with Gasteiger partial charge in [-0.05, 0) is 30.5 Å². The largest absolute Gasteiger partial charge is 0.508 e. The van der Waals surface area contributed by atoms with Gasteiger partial charge < -0.3 is 15.6 Å². The number of methoxy groups -OCH3 is 1. The van der Waals surface area contributed by atoms with Crippen LogP contribution in [0.15, 0.2) is 18.2 Å². The van der Waals surface area contributed by atoms with Gasteiger partial charge in [-0.2, -0.15) is 0 Å². The van der Waals surface area contributed by atoms with E-state index in [0.717, 1.165) is 17.7 Å².